The molecule has 0 atom stereocenters. The molecule has 5 nitrogen and oxygen atoms in total. The smallest absolute Gasteiger partial charge is 0.227 e. The Hall–Kier alpha value is -1.91. The predicted octanol–water partition coefficient (Wildman–Crippen LogP) is 1.85. The van der Waals surface area contributed by atoms with Gasteiger partial charge < -0.3 is 21.1 Å². The van der Waals surface area contributed by atoms with E-state index in [9.17, 15) is 4.79 Å². The molecular formula is C14H23N3O2. The second-order valence-electron chi connectivity index (χ2n) is 5.04. The first kappa shape index (κ1) is 15.1. The zero-order valence-corrected chi connectivity index (χ0v) is 12.0. The lowest BCUT2D eigenvalue weighted by molar-refractivity contribution is -0.128. The van der Waals surface area contributed by atoms with Crippen LogP contribution in [0.2, 0.25) is 0 Å². The summed E-state index contributed by atoms with van der Waals surface area (Å²) >= 11 is 0. The van der Waals surface area contributed by atoms with Crippen LogP contribution in [0.4, 0.5) is 11.4 Å². The molecular weight excluding hydrogens is 242 g/mol. The summed E-state index contributed by atoms with van der Waals surface area (Å²) in [5, 5.41) is 5.88. The summed E-state index contributed by atoms with van der Waals surface area (Å²) in [4.78, 5) is 11.7. The number of rotatable bonds is 6. The van der Waals surface area contributed by atoms with Gasteiger partial charge in [-0.05, 0) is 26.8 Å². The molecule has 1 amide bonds. The maximum atomic E-state index is 11.7. The second-order valence-corrected chi connectivity index (χ2v) is 5.04. The molecule has 0 heterocycles. The molecule has 1 rings (SSSR count). The Morgan fingerprint density at radius 2 is 2.05 bits per heavy atom. The molecule has 0 saturated carbocycles. The van der Waals surface area contributed by atoms with Crippen molar-refractivity contribution in [2.45, 2.75) is 20.8 Å². The van der Waals surface area contributed by atoms with Crippen molar-refractivity contribution in [3.8, 4) is 5.75 Å². The quantitative estimate of drug-likeness (QED) is 0.686. The summed E-state index contributed by atoms with van der Waals surface area (Å²) in [5.74, 6) is 0.719. The first-order valence-electron chi connectivity index (χ1n) is 6.38. The maximum absolute atomic E-state index is 11.7. The average molecular weight is 265 g/mol. The van der Waals surface area contributed by atoms with Gasteiger partial charge in [0.1, 0.15) is 5.75 Å². The fourth-order valence-corrected chi connectivity index (χ4v) is 1.72. The first-order chi connectivity index (χ1) is 8.89. The zero-order valence-electron chi connectivity index (χ0n) is 12.0. The number of carbonyl (C=O) groups is 1. The van der Waals surface area contributed by atoms with Crippen molar-refractivity contribution >= 4 is 17.3 Å². The van der Waals surface area contributed by atoms with Gasteiger partial charge in [-0.25, -0.2) is 0 Å². The number of hydrogen-bond acceptors (Lipinski definition) is 4. The lowest BCUT2D eigenvalue weighted by atomic mass is 9.92. The number of nitrogen functional groups attached to an aromatic ring is 1. The Balaban J connectivity index is 2.74. The molecule has 0 unspecified atom stereocenters. The molecule has 0 saturated heterocycles. The number of carbonyl (C=O) groups excluding carboxylic acids is 1. The Labute approximate surface area is 114 Å². The molecule has 0 aliphatic heterocycles. The minimum atomic E-state index is -0.495. The Kier molecular flexibility index (Phi) is 5.03. The van der Waals surface area contributed by atoms with Crippen molar-refractivity contribution in [1.29, 1.82) is 0 Å². The van der Waals surface area contributed by atoms with Crippen LogP contribution in [-0.2, 0) is 4.79 Å². The number of benzene rings is 1. The molecule has 1 aromatic carbocycles. The molecule has 4 N–H and O–H groups in total. The van der Waals surface area contributed by atoms with Crippen LogP contribution in [-0.4, -0.2) is 26.1 Å². The molecule has 0 spiro atoms. The highest BCUT2D eigenvalue weighted by Crippen LogP contribution is 2.24. The summed E-state index contributed by atoms with van der Waals surface area (Å²) in [7, 11) is 1.64. The summed E-state index contributed by atoms with van der Waals surface area (Å²) in [6, 6.07) is 5.47. The zero-order chi connectivity index (χ0) is 14.5. The first-order valence-corrected chi connectivity index (χ1v) is 6.38. The standard InChI is InChI=1S/C14H23N3O2/c1-5-19-12-7-10(15)6-11(8-12)17-9-14(2,3)13(18)16-4/h6-8,17H,5,9,15H2,1-4H3,(H,16,18). The summed E-state index contributed by atoms with van der Waals surface area (Å²) in [6.45, 7) is 6.79. The Morgan fingerprint density at radius 3 is 2.63 bits per heavy atom. The van der Waals surface area contributed by atoms with Gasteiger partial charge in [0.15, 0.2) is 0 Å². The summed E-state index contributed by atoms with van der Waals surface area (Å²) in [6.07, 6.45) is 0. The molecule has 0 aromatic heterocycles. The van der Waals surface area contributed by atoms with Crippen LogP contribution in [0, 0.1) is 5.41 Å². The van der Waals surface area contributed by atoms with E-state index in [2.05, 4.69) is 10.6 Å². The number of amides is 1. The third kappa shape index (κ3) is 4.35. The van der Waals surface area contributed by atoms with Crippen LogP contribution < -0.4 is 21.1 Å². The van der Waals surface area contributed by atoms with Crippen molar-refractivity contribution in [3.05, 3.63) is 18.2 Å². The molecule has 0 aliphatic rings. The highest BCUT2D eigenvalue weighted by Gasteiger charge is 2.26. The van der Waals surface area contributed by atoms with E-state index < -0.39 is 5.41 Å². The van der Waals surface area contributed by atoms with Crippen molar-refractivity contribution in [2.24, 2.45) is 5.41 Å². The fraction of sp³-hybridized carbons (Fsp3) is 0.500. The van der Waals surface area contributed by atoms with Gasteiger partial charge in [0, 0.05) is 37.1 Å². The average Bonchev–Trinajstić information content (AvgIpc) is 2.35. The SMILES string of the molecule is CCOc1cc(N)cc(NCC(C)(C)C(=O)NC)c1. The van der Waals surface area contributed by atoms with Gasteiger partial charge in [0.05, 0.1) is 12.0 Å². The van der Waals surface area contributed by atoms with Crippen LogP contribution in [0.3, 0.4) is 0 Å². The predicted molar refractivity (Wildman–Crippen MR) is 78.4 cm³/mol. The number of ether oxygens (including phenoxy) is 1. The molecule has 19 heavy (non-hydrogen) atoms. The van der Waals surface area contributed by atoms with E-state index in [0.717, 1.165) is 11.4 Å². The van der Waals surface area contributed by atoms with E-state index in [1.807, 2.05) is 32.9 Å². The van der Waals surface area contributed by atoms with Crippen LogP contribution >= 0.6 is 0 Å². The van der Waals surface area contributed by atoms with E-state index in [0.29, 0.717) is 18.8 Å². The second kappa shape index (κ2) is 6.31. The van der Waals surface area contributed by atoms with Gasteiger partial charge in [-0.1, -0.05) is 0 Å². The molecule has 5 heteroatoms. The molecule has 1 aromatic rings. The fourth-order valence-electron chi connectivity index (χ4n) is 1.72. The van der Waals surface area contributed by atoms with Gasteiger partial charge in [0.25, 0.3) is 0 Å². The van der Waals surface area contributed by atoms with Gasteiger partial charge in [-0.3, -0.25) is 4.79 Å². The van der Waals surface area contributed by atoms with Gasteiger partial charge in [-0.15, -0.1) is 0 Å². The largest absolute Gasteiger partial charge is 0.494 e. The minimum absolute atomic E-state index is 0.00562. The molecule has 0 fully saturated rings. The normalized spacial score (nSPS) is 10.9. The highest BCUT2D eigenvalue weighted by atomic mass is 16.5. The van der Waals surface area contributed by atoms with Crippen molar-refractivity contribution in [2.75, 3.05) is 31.2 Å². The van der Waals surface area contributed by atoms with Crippen molar-refractivity contribution < 1.29 is 9.53 Å². The number of nitrogens with two attached hydrogens (primary N) is 1. The third-order valence-corrected chi connectivity index (χ3v) is 2.82. The number of hydrogen-bond donors (Lipinski definition) is 3. The highest BCUT2D eigenvalue weighted by molar-refractivity contribution is 5.82. The van der Waals surface area contributed by atoms with E-state index in [4.69, 9.17) is 10.5 Å². The van der Waals surface area contributed by atoms with Crippen molar-refractivity contribution in [1.82, 2.24) is 5.32 Å². The molecule has 106 valence electrons. The van der Waals surface area contributed by atoms with Gasteiger partial charge in [0.2, 0.25) is 5.91 Å². The van der Waals surface area contributed by atoms with Gasteiger partial charge >= 0.3 is 0 Å². The molecule has 0 aliphatic carbocycles. The monoisotopic (exact) mass is 265 g/mol. The third-order valence-electron chi connectivity index (χ3n) is 2.82. The van der Waals surface area contributed by atoms with Crippen LogP contribution in [0.25, 0.3) is 0 Å². The Morgan fingerprint density at radius 1 is 1.37 bits per heavy atom. The van der Waals surface area contributed by atoms with Gasteiger partial charge in [-0.2, -0.15) is 0 Å². The maximum Gasteiger partial charge on any atom is 0.227 e. The summed E-state index contributed by atoms with van der Waals surface area (Å²) < 4.78 is 5.43. The van der Waals surface area contributed by atoms with Crippen LogP contribution in [0.15, 0.2) is 18.2 Å². The lowest BCUT2D eigenvalue weighted by Gasteiger charge is -2.23. The molecule has 0 radical (unpaired) electrons. The van der Waals surface area contributed by atoms with Crippen LogP contribution in [0.5, 0.6) is 5.75 Å². The topological polar surface area (TPSA) is 76.4 Å². The minimum Gasteiger partial charge on any atom is -0.494 e. The van der Waals surface area contributed by atoms with E-state index in [1.165, 1.54) is 0 Å². The van der Waals surface area contributed by atoms with Crippen molar-refractivity contribution in [3.63, 3.8) is 0 Å². The summed E-state index contributed by atoms with van der Waals surface area (Å²) in [5.41, 5.74) is 6.80. The van der Waals surface area contributed by atoms with E-state index >= 15 is 0 Å². The van der Waals surface area contributed by atoms with Crippen LogP contribution in [0.1, 0.15) is 20.8 Å². The number of anilines is 2. The van der Waals surface area contributed by atoms with E-state index in [1.54, 1.807) is 13.1 Å². The lowest BCUT2D eigenvalue weighted by Crippen LogP contribution is -2.39. The number of nitrogens with one attached hydrogen (secondary N) is 2. The Bertz CT molecular complexity index is 444. The molecule has 0 bridgehead atoms. The van der Waals surface area contributed by atoms with E-state index in [-0.39, 0.29) is 5.91 Å².